The second kappa shape index (κ2) is 6.09. The van der Waals surface area contributed by atoms with E-state index in [2.05, 4.69) is 5.32 Å². The highest BCUT2D eigenvalue weighted by molar-refractivity contribution is 5.94. The lowest BCUT2D eigenvalue weighted by Gasteiger charge is -2.11. The van der Waals surface area contributed by atoms with Gasteiger partial charge in [-0.15, -0.1) is 0 Å². The first-order valence-electron chi connectivity index (χ1n) is 4.98. The summed E-state index contributed by atoms with van der Waals surface area (Å²) in [6.45, 7) is 0.449. The largest absolute Gasteiger partial charge is 0.508 e. The molecule has 1 atom stereocenters. The van der Waals surface area contributed by atoms with Gasteiger partial charge in [0.1, 0.15) is 5.75 Å². The fourth-order valence-electron chi connectivity index (χ4n) is 1.16. The highest BCUT2D eigenvalue weighted by Crippen LogP contribution is 2.13. The number of aromatic hydroxyl groups is 1. The first kappa shape index (κ1) is 12.5. The Morgan fingerprint density at radius 3 is 2.69 bits per heavy atom. The van der Waals surface area contributed by atoms with E-state index in [0.717, 1.165) is 0 Å². The molecule has 88 valence electrons. The number of carbonyl (C=O) groups excluding carboxylic acids is 1. The van der Waals surface area contributed by atoms with Gasteiger partial charge in [0.25, 0.3) is 0 Å². The van der Waals surface area contributed by atoms with Crippen molar-refractivity contribution in [1.82, 2.24) is 0 Å². The van der Waals surface area contributed by atoms with Crippen LogP contribution < -0.4 is 11.1 Å². The van der Waals surface area contributed by atoms with Gasteiger partial charge in [0.15, 0.2) is 0 Å². The molecule has 1 aromatic rings. The van der Waals surface area contributed by atoms with E-state index in [9.17, 15) is 4.79 Å². The Kier molecular flexibility index (Phi) is 4.75. The number of phenols is 1. The molecule has 0 spiro atoms. The quantitative estimate of drug-likeness (QED) is 0.642. The summed E-state index contributed by atoms with van der Waals surface area (Å²) >= 11 is 0. The molecule has 1 amide bonds. The van der Waals surface area contributed by atoms with Crippen LogP contribution in [0.25, 0.3) is 0 Å². The highest BCUT2D eigenvalue weighted by atomic mass is 16.5. The van der Waals surface area contributed by atoms with Gasteiger partial charge in [0.05, 0.1) is 6.04 Å². The molecular formula is C11H16N2O3. The summed E-state index contributed by atoms with van der Waals surface area (Å²) in [6, 6.07) is 5.62. The van der Waals surface area contributed by atoms with E-state index >= 15 is 0 Å². The van der Waals surface area contributed by atoms with Gasteiger partial charge in [0, 0.05) is 19.4 Å². The number of ether oxygens (including phenoxy) is 1. The van der Waals surface area contributed by atoms with E-state index in [1.807, 2.05) is 0 Å². The average molecular weight is 224 g/mol. The summed E-state index contributed by atoms with van der Waals surface area (Å²) < 4.78 is 4.84. The highest BCUT2D eigenvalue weighted by Gasteiger charge is 2.12. The Labute approximate surface area is 94.2 Å². The summed E-state index contributed by atoms with van der Waals surface area (Å²) in [4.78, 5) is 11.5. The van der Waals surface area contributed by atoms with Gasteiger partial charge >= 0.3 is 0 Å². The third-order valence-electron chi connectivity index (χ3n) is 2.10. The molecule has 16 heavy (non-hydrogen) atoms. The second-order valence-electron chi connectivity index (χ2n) is 3.42. The lowest BCUT2D eigenvalue weighted by Crippen LogP contribution is -2.36. The lowest BCUT2D eigenvalue weighted by atomic mass is 10.2. The van der Waals surface area contributed by atoms with E-state index in [1.54, 1.807) is 19.2 Å². The van der Waals surface area contributed by atoms with Crippen LogP contribution in [0.2, 0.25) is 0 Å². The lowest BCUT2D eigenvalue weighted by molar-refractivity contribution is -0.117. The maximum Gasteiger partial charge on any atom is 0.241 e. The predicted molar refractivity (Wildman–Crippen MR) is 61.2 cm³/mol. The second-order valence-corrected chi connectivity index (χ2v) is 3.42. The number of hydrogen-bond acceptors (Lipinski definition) is 4. The smallest absolute Gasteiger partial charge is 0.241 e. The zero-order valence-electron chi connectivity index (χ0n) is 9.14. The van der Waals surface area contributed by atoms with Crippen LogP contribution in [-0.4, -0.2) is 30.8 Å². The van der Waals surface area contributed by atoms with Gasteiger partial charge in [-0.3, -0.25) is 4.79 Å². The molecule has 0 fully saturated rings. The Bertz CT molecular complexity index is 338. The molecule has 0 heterocycles. The van der Waals surface area contributed by atoms with E-state index in [1.165, 1.54) is 12.1 Å². The van der Waals surface area contributed by atoms with Crippen molar-refractivity contribution in [3.63, 3.8) is 0 Å². The van der Waals surface area contributed by atoms with Crippen LogP contribution in [0, 0.1) is 0 Å². The molecule has 0 aliphatic rings. The third-order valence-corrected chi connectivity index (χ3v) is 2.10. The van der Waals surface area contributed by atoms with Crippen molar-refractivity contribution in [1.29, 1.82) is 0 Å². The Hall–Kier alpha value is -1.59. The van der Waals surface area contributed by atoms with E-state index in [-0.39, 0.29) is 11.7 Å². The van der Waals surface area contributed by atoms with Crippen molar-refractivity contribution >= 4 is 11.6 Å². The van der Waals surface area contributed by atoms with Gasteiger partial charge in [-0.1, -0.05) is 0 Å². The minimum Gasteiger partial charge on any atom is -0.508 e. The van der Waals surface area contributed by atoms with Gasteiger partial charge in [-0.25, -0.2) is 0 Å². The minimum atomic E-state index is -0.589. The third kappa shape index (κ3) is 3.88. The molecule has 0 aliphatic heterocycles. The Morgan fingerprint density at radius 2 is 2.12 bits per heavy atom. The standard InChI is InChI=1S/C11H16N2O3/c1-16-7-6-10(12)11(15)13-8-2-4-9(14)5-3-8/h2-5,10,14H,6-7,12H2,1H3,(H,13,15). The molecule has 0 saturated heterocycles. The molecule has 0 radical (unpaired) electrons. The van der Waals surface area contributed by atoms with Crippen LogP contribution in [0.4, 0.5) is 5.69 Å². The molecule has 1 aromatic carbocycles. The van der Waals surface area contributed by atoms with Crippen LogP contribution in [-0.2, 0) is 9.53 Å². The summed E-state index contributed by atoms with van der Waals surface area (Å²) in [7, 11) is 1.56. The van der Waals surface area contributed by atoms with Gasteiger partial charge < -0.3 is 20.9 Å². The molecule has 5 nitrogen and oxygen atoms in total. The number of methoxy groups -OCH3 is 1. The fourth-order valence-corrected chi connectivity index (χ4v) is 1.16. The Balaban J connectivity index is 2.47. The van der Waals surface area contributed by atoms with Crippen molar-refractivity contribution in [2.45, 2.75) is 12.5 Å². The van der Waals surface area contributed by atoms with E-state index in [4.69, 9.17) is 15.6 Å². The molecule has 5 heteroatoms. The van der Waals surface area contributed by atoms with Crippen molar-refractivity contribution in [3.8, 4) is 5.75 Å². The monoisotopic (exact) mass is 224 g/mol. The van der Waals surface area contributed by atoms with Gasteiger partial charge in [-0.05, 0) is 30.7 Å². The maximum atomic E-state index is 11.5. The van der Waals surface area contributed by atoms with E-state index in [0.29, 0.717) is 18.7 Å². The van der Waals surface area contributed by atoms with Crippen LogP contribution in [0.3, 0.4) is 0 Å². The number of rotatable bonds is 5. The summed E-state index contributed by atoms with van der Waals surface area (Å²) in [5, 5.41) is 11.7. The number of carbonyl (C=O) groups is 1. The molecule has 0 aliphatic carbocycles. The van der Waals surface area contributed by atoms with Crippen LogP contribution in [0.15, 0.2) is 24.3 Å². The first-order chi connectivity index (χ1) is 7.63. The zero-order valence-corrected chi connectivity index (χ0v) is 9.14. The first-order valence-corrected chi connectivity index (χ1v) is 4.98. The molecule has 0 saturated carbocycles. The molecule has 4 N–H and O–H groups in total. The number of nitrogens with two attached hydrogens (primary N) is 1. The molecule has 0 aromatic heterocycles. The molecule has 1 rings (SSSR count). The fraction of sp³-hybridized carbons (Fsp3) is 0.364. The molecular weight excluding hydrogens is 208 g/mol. The normalized spacial score (nSPS) is 12.1. The van der Waals surface area contributed by atoms with Crippen molar-refractivity contribution in [2.24, 2.45) is 5.73 Å². The molecule has 0 bridgehead atoms. The number of anilines is 1. The number of nitrogens with one attached hydrogen (secondary N) is 1. The number of phenolic OH excluding ortho intramolecular Hbond substituents is 1. The number of amides is 1. The maximum absolute atomic E-state index is 11.5. The Morgan fingerprint density at radius 1 is 1.50 bits per heavy atom. The summed E-state index contributed by atoms with van der Waals surface area (Å²) in [5.74, 6) is -0.107. The van der Waals surface area contributed by atoms with Crippen molar-refractivity contribution < 1.29 is 14.6 Å². The van der Waals surface area contributed by atoms with Crippen LogP contribution >= 0.6 is 0 Å². The number of hydrogen-bond donors (Lipinski definition) is 3. The van der Waals surface area contributed by atoms with Crippen LogP contribution in [0.1, 0.15) is 6.42 Å². The average Bonchev–Trinajstić information content (AvgIpc) is 2.29. The van der Waals surface area contributed by atoms with Gasteiger partial charge in [0.2, 0.25) is 5.91 Å². The topological polar surface area (TPSA) is 84.6 Å². The SMILES string of the molecule is COCCC(N)C(=O)Nc1ccc(O)cc1. The predicted octanol–water partition coefficient (Wildman–Crippen LogP) is 0.694. The summed E-state index contributed by atoms with van der Waals surface area (Å²) in [5.41, 5.74) is 6.25. The zero-order chi connectivity index (χ0) is 12.0. The summed E-state index contributed by atoms with van der Waals surface area (Å²) in [6.07, 6.45) is 0.473. The molecule has 1 unspecified atom stereocenters. The van der Waals surface area contributed by atoms with Gasteiger partial charge in [-0.2, -0.15) is 0 Å². The van der Waals surface area contributed by atoms with Crippen molar-refractivity contribution in [2.75, 3.05) is 19.0 Å². The van der Waals surface area contributed by atoms with Crippen molar-refractivity contribution in [3.05, 3.63) is 24.3 Å². The van der Waals surface area contributed by atoms with Crippen LogP contribution in [0.5, 0.6) is 5.75 Å². The number of benzene rings is 1. The van der Waals surface area contributed by atoms with E-state index < -0.39 is 6.04 Å². The minimum absolute atomic E-state index is 0.154.